The Hall–Kier alpha value is -0.830. The van der Waals surface area contributed by atoms with Crippen LogP contribution in [-0.2, 0) is 9.53 Å². The van der Waals surface area contributed by atoms with Gasteiger partial charge in [-0.25, -0.2) is 4.79 Å². The molecule has 4 saturated carbocycles. The lowest BCUT2D eigenvalue weighted by Crippen LogP contribution is -2.63. The van der Waals surface area contributed by atoms with Gasteiger partial charge in [0, 0.05) is 5.57 Å². The molecule has 100 valence electrons. The van der Waals surface area contributed by atoms with E-state index in [0.29, 0.717) is 23.3 Å². The Kier molecular flexibility index (Phi) is 2.44. The predicted octanol–water partition coefficient (Wildman–Crippen LogP) is 2.44. The minimum Gasteiger partial charge on any atom is -0.456 e. The van der Waals surface area contributed by atoms with Gasteiger partial charge in [-0.3, -0.25) is 0 Å². The van der Waals surface area contributed by atoms with Gasteiger partial charge < -0.3 is 9.84 Å². The highest BCUT2D eigenvalue weighted by molar-refractivity contribution is 5.87. The van der Waals surface area contributed by atoms with Crippen molar-refractivity contribution in [2.24, 2.45) is 17.8 Å². The minimum absolute atomic E-state index is 0.267. The molecule has 0 aliphatic heterocycles. The van der Waals surface area contributed by atoms with Crippen LogP contribution in [-0.4, -0.2) is 22.3 Å². The van der Waals surface area contributed by atoms with E-state index in [4.69, 9.17) is 4.74 Å². The first kappa shape index (κ1) is 12.2. The zero-order valence-corrected chi connectivity index (χ0v) is 11.2. The normalized spacial score (nSPS) is 49.2. The van der Waals surface area contributed by atoms with Crippen LogP contribution in [0.1, 0.15) is 46.0 Å². The molecule has 0 aromatic heterocycles. The van der Waals surface area contributed by atoms with Crippen molar-refractivity contribution in [3.05, 3.63) is 12.2 Å². The lowest BCUT2D eigenvalue weighted by Gasteiger charge is -2.61. The van der Waals surface area contributed by atoms with Gasteiger partial charge in [0.1, 0.15) is 5.60 Å². The van der Waals surface area contributed by atoms with E-state index in [1.165, 1.54) is 0 Å². The van der Waals surface area contributed by atoms with Gasteiger partial charge in [-0.05, 0) is 63.7 Å². The fourth-order valence-corrected chi connectivity index (χ4v) is 4.54. The lowest BCUT2D eigenvalue weighted by atomic mass is 9.48. The standard InChI is InChI=1S/C15H22O3/c1-9(2)13(16)18-15-6-10-4-11(7-15)14(3,17)12(5-10)8-15/h10-12,17H,1,4-8H2,2-3H3. The highest BCUT2D eigenvalue weighted by Gasteiger charge is 2.61. The van der Waals surface area contributed by atoms with Crippen molar-refractivity contribution >= 4 is 5.97 Å². The van der Waals surface area contributed by atoms with Crippen LogP contribution in [0.15, 0.2) is 12.2 Å². The molecule has 0 amide bonds. The monoisotopic (exact) mass is 250 g/mol. The van der Waals surface area contributed by atoms with Gasteiger partial charge in [0.15, 0.2) is 0 Å². The Labute approximate surface area is 108 Å². The van der Waals surface area contributed by atoms with Gasteiger partial charge in [-0.15, -0.1) is 0 Å². The molecule has 3 heteroatoms. The summed E-state index contributed by atoms with van der Waals surface area (Å²) in [4.78, 5) is 11.8. The molecule has 4 aliphatic rings. The SMILES string of the molecule is C=C(C)C(=O)OC12CC3CC(C1)C(C)(O)C(C3)C2. The van der Waals surface area contributed by atoms with Gasteiger partial charge in [-0.1, -0.05) is 6.58 Å². The fourth-order valence-electron chi connectivity index (χ4n) is 4.54. The summed E-state index contributed by atoms with van der Waals surface area (Å²) in [5, 5.41) is 10.6. The summed E-state index contributed by atoms with van der Waals surface area (Å²) < 4.78 is 5.76. The van der Waals surface area contributed by atoms with Crippen LogP contribution in [0.25, 0.3) is 0 Å². The van der Waals surface area contributed by atoms with Gasteiger partial charge in [0.05, 0.1) is 5.60 Å². The second kappa shape index (κ2) is 3.60. The molecule has 4 bridgehead atoms. The van der Waals surface area contributed by atoms with Crippen LogP contribution in [0.3, 0.4) is 0 Å². The maximum atomic E-state index is 11.8. The second-order valence-corrected chi connectivity index (χ2v) is 6.92. The summed E-state index contributed by atoms with van der Waals surface area (Å²) in [7, 11) is 0. The Morgan fingerprint density at radius 2 is 1.83 bits per heavy atom. The van der Waals surface area contributed by atoms with Gasteiger partial charge in [0.2, 0.25) is 0 Å². The van der Waals surface area contributed by atoms with Crippen molar-refractivity contribution in [2.45, 2.75) is 57.2 Å². The van der Waals surface area contributed by atoms with Crippen molar-refractivity contribution in [2.75, 3.05) is 0 Å². The van der Waals surface area contributed by atoms with E-state index in [-0.39, 0.29) is 11.6 Å². The summed E-state index contributed by atoms with van der Waals surface area (Å²) >= 11 is 0. The smallest absolute Gasteiger partial charge is 0.333 e. The third kappa shape index (κ3) is 1.63. The van der Waals surface area contributed by atoms with Crippen LogP contribution >= 0.6 is 0 Å². The Balaban J connectivity index is 1.84. The van der Waals surface area contributed by atoms with Crippen molar-refractivity contribution in [3.63, 3.8) is 0 Å². The van der Waals surface area contributed by atoms with E-state index in [0.717, 1.165) is 32.1 Å². The van der Waals surface area contributed by atoms with Crippen LogP contribution in [0.5, 0.6) is 0 Å². The van der Waals surface area contributed by atoms with Gasteiger partial charge in [-0.2, -0.15) is 0 Å². The summed E-state index contributed by atoms with van der Waals surface area (Å²) in [6.07, 6.45) is 4.82. The zero-order valence-electron chi connectivity index (χ0n) is 11.2. The fraction of sp³-hybridized carbons (Fsp3) is 0.800. The summed E-state index contributed by atoms with van der Waals surface area (Å²) in [5.41, 5.74) is -0.400. The third-order valence-electron chi connectivity index (χ3n) is 5.44. The molecule has 2 unspecified atom stereocenters. The zero-order chi connectivity index (χ0) is 13.1. The second-order valence-electron chi connectivity index (χ2n) is 6.92. The molecule has 1 N–H and O–H groups in total. The van der Waals surface area contributed by atoms with Crippen molar-refractivity contribution < 1.29 is 14.6 Å². The number of hydrogen-bond donors (Lipinski definition) is 1. The first-order valence-electron chi connectivity index (χ1n) is 6.94. The summed E-state index contributed by atoms with van der Waals surface area (Å²) in [5.74, 6) is 0.945. The molecule has 4 rings (SSSR count). The Morgan fingerprint density at radius 3 is 2.33 bits per heavy atom. The predicted molar refractivity (Wildman–Crippen MR) is 67.8 cm³/mol. The van der Waals surface area contributed by atoms with E-state index in [9.17, 15) is 9.90 Å². The van der Waals surface area contributed by atoms with E-state index in [1.54, 1.807) is 6.92 Å². The highest BCUT2D eigenvalue weighted by Crippen LogP contribution is 2.61. The maximum Gasteiger partial charge on any atom is 0.333 e. The number of carbonyl (C=O) groups is 1. The third-order valence-corrected chi connectivity index (χ3v) is 5.44. The number of ether oxygens (including phenoxy) is 1. The topological polar surface area (TPSA) is 46.5 Å². The van der Waals surface area contributed by atoms with E-state index < -0.39 is 5.60 Å². The Bertz CT molecular complexity index is 392. The van der Waals surface area contributed by atoms with Gasteiger partial charge >= 0.3 is 5.97 Å². The molecular weight excluding hydrogens is 228 g/mol. The number of aliphatic hydroxyl groups is 1. The highest BCUT2D eigenvalue weighted by atomic mass is 16.6. The van der Waals surface area contributed by atoms with Crippen molar-refractivity contribution in [3.8, 4) is 0 Å². The average molecular weight is 250 g/mol. The molecule has 0 aromatic rings. The van der Waals surface area contributed by atoms with Gasteiger partial charge in [0.25, 0.3) is 0 Å². The van der Waals surface area contributed by atoms with Crippen molar-refractivity contribution in [1.29, 1.82) is 0 Å². The number of carbonyl (C=O) groups excluding carboxylic acids is 1. The molecule has 0 heterocycles. The van der Waals surface area contributed by atoms with E-state index in [1.807, 2.05) is 6.92 Å². The quantitative estimate of drug-likeness (QED) is 0.605. The molecule has 0 aromatic carbocycles. The first-order chi connectivity index (χ1) is 8.32. The van der Waals surface area contributed by atoms with Crippen LogP contribution < -0.4 is 0 Å². The largest absolute Gasteiger partial charge is 0.456 e. The molecule has 0 saturated heterocycles. The van der Waals surface area contributed by atoms with E-state index >= 15 is 0 Å². The molecule has 3 nitrogen and oxygen atoms in total. The van der Waals surface area contributed by atoms with Crippen molar-refractivity contribution in [1.82, 2.24) is 0 Å². The summed E-state index contributed by atoms with van der Waals surface area (Å²) in [6, 6.07) is 0. The number of rotatable bonds is 2. The molecule has 0 spiro atoms. The van der Waals surface area contributed by atoms with E-state index in [2.05, 4.69) is 6.58 Å². The molecule has 0 radical (unpaired) electrons. The molecule has 4 fully saturated rings. The van der Waals surface area contributed by atoms with Crippen LogP contribution in [0.4, 0.5) is 0 Å². The molecular formula is C15H22O3. The first-order valence-corrected chi connectivity index (χ1v) is 6.94. The number of esters is 1. The Morgan fingerprint density at radius 1 is 1.28 bits per heavy atom. The van der Waals surface area contributed by atoms with Crippen LogP contribution in [0, 0.1) is 17.8 Å². The average Bonchev–Trinajstić information content (AvgIpc) is 2.24. The summed E-state index contributed by atoms with van der Waals surface area (Å²) in [6.45, 7) is 7.32. The molecule has 18 heavy (non-hydrogen) atoms. The minimum atomic E-state index is -0.559. The van der Waals surface area contributed by atoms with Crippen LogP contribution in [0.2, 0.25) is 0 Å². The lowest BCUT2D eigenvalue weighted by molar-refractivity contribution is -0.231. The number of hydrogen-bond acceptors (Lipinski definition) is 3. The molecule has 2 atom stereocenters. The molecule has 4 aliphatic carbocycles. The maximum absolute atomic E-state index is 11.8.